The Morgan fingerprint density at radius 1 is 1.18 bits per heavy atom. The highest BCUT2D eigenvalue weighted by molar-refractivity contribution is 5.21. The van der Waals surface area contributed by atoms with Crippen molar-refractivity contribution in [1.29, 1.82) is 0 Å². The first-order valence-electron chi connectivity index (χ1n) is 6.60. The number of nitrogens with one attached hydrogen (secondary N) is 1. The van der Waals surface area contributed by atoms with E-state index in [-0.39, 0.29) is 0 Å². The van der Waals surface area contributed by atoms with Crippen molar-refractivity contribution in [2.75, 3.05) is 20.3 Å². The average Bonchev–Trinajstić information content (AvgIpc) is 2.37. The summed E-state index contributed by atoms with van der Waals surface area (Å²) >= 11 is 0. The fourth-order valence-electron chi connectivity index (χ4n) is 2.34. The van der Waals surface area contributed by atoms with E-state index in [1.165, 1.54) is 18.4 Å². The highest BCUT2D eigenvalue weighted by Gasteiger charge is 2.21. The molecule has 0 aliphatic carbocycles. The molecule has 0 radical (unpaired) electrons. The summed E-state index contributed by atoms with van der Waals surface area (Å²) < 4.78 is 5.39. The van der Waals surface area contributed by atoms with E-state index in [0.29, 0.717) is 12.0 Å². The Kier molecular flexibility index (Phi) is 6.90. The molecule has 1 aromatic rings. The van der Waals surface area contributed by atoms with E-state index in [1.54, 1.807) is 7.11 Å². The van der Waals surface area contributed by atoms with Gasteiger partial charge in [0.05, 0.1) is 6.61 Å². The first-order chi connectivity index (χ1) is 8.33. The fraction of sp³-hybridized carbons (Fsp3) is 0.600. The zero-order chi connectivity index (χ0) is 12.5. The molecular weight excluding hydrogens is 210 g/mol. The van der Waals surface area contributed by atoms with Crippen LogP contribution in [-0.4, -0.2) is 26.3 Å². The van der Waals surface area contributed by atoms with E-state index in [0.717, 1.165) is 13.2 Å². The second kappa shape index (κ2) is 8.26. The van der Waals surface area contributed by atoms with E-state index in [2.05, 4.69) is 49.5 Å². The molecule has 2 heteroatoms. The van der Waals surface area contributed by atoms with Crippen molar-refractivity contribution < 1.29 is 4.74 Å². The van der Waals surface area contributed by atoms with Gasteiger partial charge < -0.3 is 10.1 Å². The van der Waals surface area contributed by atoms with Gasteiger partial charge in [0, 0.05) is 19.1 Å². The maximum Gasteiger partial charge on any atom is 0.0545 e. The van der Waals surface area contributed by atoms with Gasteiger partial charge in [0.2, 0.25) is 0 Å². The first-order valence-corrected chi connectivity index (χ1v) is 6.60. The lowest BCUT2D eigenvalue weighted by Crippen LogP contribution is -2.36. The molecule has 1 aromatic carbocycles. The zero-order valence-electron chi connectivity index (χ0n) is 11.3. The van der Waals surface area contributed by atoms with Crippen LogP contribution in [0.4, 0.5) is 0 Å². The molecule has 1 N–H and O–H groups in total. The van der Waals surface area contributed by atoms with Gasteiger partial charge in [0.1, 0.15) is 0 Å². The molecule has 0 fully saturated rings. The van der Waals surface area contributed by atoms with Crippen molar-refractivity contribution in [2.24, 2.45) is 0 Å². The van der Waals surface area contributed by atoms with Crippen LogP contribution in [0.2, 0.25) is 0 Å². The number of hydrogen-bond donors (Lipinski definition) is 1. The Morgan fingerprint density at radius 2 is 1.88 bits per heavy atom. The standard InChI is InChI=1S/C15H25NO/c1-4-9-15(16-5-2)14(12-17-3)13-10-7-6-8-11-13/h6-8,10-11,14-16H,4-5,9,12H2,1-3H3. The number of rotatable bonds is 8. The number of benzene rings is 1. The Bertz CT molecular complexity index is 280. The predicted molar refractivity (Wildman–Crippen MR) is 73.4 cm³/mol. The molecule has 0 saturated carbocycles. The third-order valence-electron chi connectivity index (χ3n) is 3.13. The molecule has 96 valence electrons. The molecule has 0 heterocycles. The van der Waals surface area contributed by atoms with Crippen LogP contribution in [0.5, 0.6) is 0 Å². The second-order valence-electron chi connectivity index (χ2n) is 4.43. The Balaban J connectivity index is 2.81. The highest BCUT2D eigenvalue weighted by Crippen LogP contribution is 2.23. The van der Waals surface area contributed by atoms with Gasteiger partial charge in [-0.2, -0.15) is 0 Å². The summed E-state index contributed by atoms with van der Waals surface area (Å²) in [5.74, 6) is 0.445. The molecular formula is C15H25NO. The normalized spacial score (nSPS) is 14.5. The van der Waals surface area contributed by atoms with Crippen LogP contribution in [0.3, 0.4) is 0 Å². The maximum absolute atomic E-state index is 5.39. The average molecular weight is 235 g/mol. The summed E-state index contributed by atoms with van der Waals surface area (Å²) in [7, 11) is 1.78. The van der Waals surface area contributed by atoms with Crippen molar-refractivity contribution >= 4 is 0 Å². The third-order valence-corrected chi connectivity index (χ3v) is 3.13. The number of ether oxygens (including phenoxy) is 1. The molecule has 2 nitrogen and oxygen atoms in total. The molecule has 1 rings (SSSR count). The smallest absolute Gasteiger partial charge is 0.0545 e. The highest BCUT2D eigenvalue weighted by atomic mass is 16.5. The maximum atomic E-state index is 5.39. The second-order valence-corrected chi connectivity index (χ2v) is 4.43. The summed E-state index contributed by atoms with van der Waals surface area (Å²) in [6.07, 6.45) is 2.39. The molecule has 0 aliphatic heterocycles. The van der Waals surface area contributed by atoms with Crippen LogP contribution in [0.15, 0.2) is 30.3 Å². The lowest BCUT2D eigenvalue weighted by atomic mass is 9.89. The number of hydrogen-bond acceptors (Lipinski definition) is 2. The summed E-state index contributed by atoms with van der Waals surface area (Å²) in [6.45, 7) is 6.19. The van der Waals surface area contributed by atoms with Gasteiger partial charge in [-0.25, -0.2) is 0 Å². The van der Waals surface area contributed by atoms with Crippen molar-refractivity contribution in [2.45, 2.75) is 38.6 Å². The summed E-state index contributed by atoms with van der Waals surface area (Å²) in [5, 5.41) is 3.59. The van der Waals surface area contributed by atoms with Crippen molar-refractivity contribution in [1.82, 2.24) is 5.32 Å². The van der Waals surface area contributed by atoms with Gasteiger partial charge in [-0.05, 0) is 18.5 Å². The summed E-state index contributed by atoms with van der Waals surface area (Å²) in [5.41, 5.74) is 1.37. The van der Waals surface area contributed by atoms with E-state index < -0.39 is 0 Å². The van der Waals surface area contributed by atoms with Crippen molar-refractivity contribution in [3.63, 3.8) is 0 Å². The predicted octanol–water partition coefficient (Wildman–Crippen LogP) is 3.19. The number of methoxy groups -OCH3 is 1. The minimum absolute atomic E-state index is 0.445. The lowest BCUT2D eigenvalue weighted by Gasteiger charge is -2.27. The minimum atomic E-state index is 0.445. The van der Waals surface area contributed by atoms with Crippen LogP contribution >= 0.6 is 0 Å². The monoisotopic (exact) mass is 235 g/mol. The molecule has 0 aliphatic rings. The summed E-state index contributed by atoms with van der Waals surface area (Å²) in [4.78, 5) is 0. The van der Waals surface area contributed by atoms with Crippen LogP contribution in [0, 0.1) is 0 Å². The first kappa shape index (κ1) is 14.2. The van der Waals surface area contributed by atoms with Crippen LogP contribution in [0.25, 0.3) is 0 Å². The van der Waals surface area contributed by atoms with E-state index in [9.17, 15) is 0 Å². The Morgan fingerprint density at radius 3 is 2.41 bits per heavy atom. The van der Waals surface area contributed by atoms with Gasteiger partial charge in [-0.1, -0.05) is 50.6 Å². The third kappa shape index (κ3) is 4.49. The Labute approximate surface area is 105 Å². The van der Waals surface area contributed by atoms with E-state index in [4.69, 9.17) is 4.74 Å². The topological polar surface area (TPSA) is 21.3 Å². The van der Waals surface area contributed by atoms with Crippen molar-refractivity contribution in [3.05, 3.63) is 35.9 Å². The molecule has 2 unspecified atom stereocenters. The summed E-state index contributed by atoms with van der Waals surface area (Å²) in [6, 6.07) is 11.2. The Hall–Kier alpha value is -0.860. The van der Waals surface area contributed by atoms with Gasteiger partial charge in [-0.3, -0.25) is 0 Å². The quantitative estimate of drug-likeness (QED) is 0.747. The molecule has 0 spiro atoms. The minimum Gasteiger partial charge on any atom is -0.384 e. The molecule has 0 saturated heterocycles. The van der Waals surface area contributed by atoms with E-state index in [1.807, 2.05) is 0 Å². The molecule has 17 heavy (non-hydrogen) atoms. The van der Waals surface area contributed by atoms with Crippen LogP contribution < -0.4 is 5.32 Å². The molecule has 0 aromatic heterocycles. The molecule has 0 amide bonds. The van der Waals surface area contributed by atoms with E-state index >= 15 is 0 Å². The van der Waals surface area contributed by atoms with Gasteiger partial charge in [0.25, 0.3) is 0 Å². The SMILES string of the molecule is CCCC(NCC)C(COC)c1ccccc1. The zero-order valence-corrected chi connectivity index (χ0v) is 11.3. The lowest BCUT2D eigenvalue weighted by molar-refractivity contribution is 0.160. The van der Waals surface area contributed by atoms with Gasteiger partial charge in [0.15, 0.2) is 0 Å². The van der Waals surface area contributed by atoms with Crippen LogP contribution in [-0.2, 0) is 4.74 Å². The molecule has 2 atom stereocenters. The van der Waals surface area contributed by atoms with Gasteiger partial charge in [-0.15, -0.1) is 0 Å². The van der Waals surface area contributed by atoms with Crippen molar-refractivity contribution in [3.8, 4) is 0 Å². The largest absolute Gasteiger partial charge is 0.384 e. The molecule has 0 bridgehead atoms. The number of likely N-dealkylation sites (N-methyl/N-ethyl adjacent to an activating group) is 1. The van der Waals surface area contributed by atoms with Crippen LogP contribution in [0.1, 0.15) is 38.2 Å². The fourth-order valence-corrected chi connectivity index (χ4v) is 2.34. The van der Waals surface area contributed by atoms with Gasteiger partial charge >= 0.3 is 0 Å².